The van der Waals surface area contributed by atoms with E-state index in [1.807, 2.05) is 37.8 Å². The van der Waals surface area contributed by atoms with E-state index in [0.29, 0.717) is 6.54 Å². The van der Waals surface area contributed by atoms with Crippen LogP contribution >= 0.6 is 0 Å². The Kier molecular flexibility index (Phi) is 4.40. The first-order valence-corrected chi connectivity index (χ1v) is 7.33. The lowest BCUT2D eigenvalue weighted by atomic mass is 9.85. The number of amides is 1. The summed E-state index contributed by atoms with van der Waals surface area (Å²) in [6.07, 6.45) is 2.28. The second kappa shape index (κ2) is 5.92. The first-order valence-electron chi connectivity index (χ1n) is 7.33. The summed E-state index contributed by atoms with van der Waals surface area (Å²) in [5.74, 6) is 0.758. The molecule has 1 aliphatic rings. The van der Waals surface area contributed by atoms with Gasteiger partial charge in [0.15, 0.2) is 0 Å². The van der Waals surface area contributed by atoms with Crippen molar-refractivity contribution >= 4 is 11.9 Å². The number of carboxylic acid groups (broad SMARTS) is 1. The van der Waals surface area contributed by atoms with Crippen LogP contribution in [0.2, 0.25) is 0 Å². The molecule has 0 aliphatic heterocycles. The molecule has 1 amide bonds. The number of hydrogen-bond acceptors (Lipinski definition) is 3. The predicted octanol–water partition coefficient (Wildman–Crippen LogP) is 2.97. The molecule has 1 aliphatic carbocycles. The van der Waals surface area contributed by atoms with Gasteiger partial charge in [0.1, 0.15) is 11.5 Å². The highest BCUT2D eigenvalue weighted by molar-refractivity contribution is 5.78. The fraction of sp³-hybridized carbons (Fsp3) is 0.625. The second-order valence-corrected chi connectivity index (χ2v) is 6.68. The fourth-order valence-electron chi connectivity index (χ4n) is 2.53. The second-order valence-electron chi connectivity index (χ2n) is 6.68. The van der Waals surface area contributed by atoms with Gasteiger partial charge in [0, 0.05) is 12.5 Å². The Bertz CT molecular complexity index is 528. The molecule has 0 bridgehead atoms. The Morgan fingerprint density at radius 3 is 2.48 bits per heavy atom. The van der Waals surface area contributed by atoms with Crippen LogP contribution in [0.25, 0.3) is 0 Å². The van der Waals surface area contributed by atoms with Crippen molar-refractivity contribution in [3.8, 4) is 0 Å². The van der Waals surface area contributed by atoms with Gasteiger partial charge in [0.25, 0.3) is 0 Å². The largest absolute Gasteiger partial charge is 0.481 e. The van der Waals surface area contributed by atoms with Crippen LogP contribution in [-0.4, -0.2) is 27.9 Å². The smallest absolute Gasteiger partial charge is 0.303 e. The van der Waals surface area contributed by atoms with E-state index in [1.165, 1.54) is 0 Å². The van der Waals surface area contributed by atoms with E-state index >= 15 is 0 Å². The van der Waals surface area contributed by atoms with Gasteiger partial charge in [0.2, 0.25) is 5.91 Å². The molecular weight excluding hydrogens is 270 g/mol. The van der Waals surface area contributed by atoms with Gasteiger partial charge < -0.3 is 14.4 Å². The molecule has 0 unspecified atom stereocenters. The maximum Gasteiger partial charge on any atom is 0.303 e. The first-order chi connectivity index (χ1) is 9.77. The molecule has 1 fully saturated rings. The molecular formula is C16H23NO4. The Morgan fingerprint density at radius 2 is 2.00 bits per heavy atom. The van der Waals surface area contributed by atoms with Crippen LogP contribution in [0, 0.1) is 12.3 Å². The molecule has 0 atom stereocenters. The van der Waals surface area contributed by atoms with Gasteiger partial charge in [0.05, 0.1) is 13.0 Å². The SMILES string of the molecule is Cc1ccc(CN(C(=O)CC(C)(C)CC(=O)O)C2CC2)o1. The number of rotatable bonds is 7. The minimum absolute atomic E-state index is 0.00287. The van der Waals surface area contributed by atoms with Crippen molar-refractivity contribution < 1.29 is 19.1 Å². The van der Waals surface area contributed by atoms with E-state index in [1.54, 1.807) is 0 Å². The zero-order valence-electron chi connectivity index (χ0n) is 12.9. The Labute approximate surface area is 124 Å². The highest BCUT2D eigenvalue weighted by atomic mass is 16.4. The van der Waals surface area contributed by atoms with Crippen LogP contribution in [0.1, 0.15) is 51.1 Å². The van der Waals surface area contributed by atoms with Gasteiger partial charge in [-0.15, -0.1) is 0 Å². The third-order valence-electron chi connectivity index (χ3n) is 3.69. The number of aryl methyl sites for hydroxylation is 1. The lowest BCUT2D eigenvalue weighted by Crippen LogP contribution is -2.36. The van der Waals surface area contributed by atoms with E-state index in [2.05, 4.69) is 0 Å². The zero-order chi connectivity index (χ0) is 15.6. The Balaban J connectivity index is 2.01. The van der Waals surface area contributed by atoms with Crippen molar-refractivity contribution in [2.24, 2.45) is 5.41 Å². The Hall–Kier alpha value is -1.78. The molecule has 0 aromatic carbocycles. The number of carbonyl (C=O) groups excluding carboxylic acids is 1. The molecule has 5 heteroatoms. The molecule has 0 spiro atoms. The zero-order valence-corrected chi connectivity index (χ0v) is 12.9. The van der Waals surface area contributed by atoms with Crippen molar-refractivity contribution in [1.29, 1.82) is 0 Å². The molecule has 1 saturated carbocycles. The van der Waals surface area contributed by atoms with E-state index in [0.717, 1.165) is 24.4 Å². The molecule has 1 heterocycles. The lowest BCUT2D eigenvalue weighted by molar-refractivity contribution is -0.141. The van der Waals surface area contributed by atoms with Gasteiger partial charge >= 0.3 is 5.97 Å². The Morgan fingerprint density at radius 1 is 1.33 bits per heavy atom. The van der Waals surface area contributed by atoms with Crippen molar-refractivity contribution in [1.82, 2.24) is 4.90 Å². The van der Waals surface area contributed by atoms with E-state index in [-0.39, 0.29) is 24.8 Å². The molecule has 21 heavy (non-hydrogen) atoms. The highest BCUT2D eigenvalue weighted by Crippen LogP contribution is 2.33. The molecule has 0 saturated heterocycles. The van der Waals surface area contributed by atoms with Crippen LogP contribution in [-0.2, 0) is 16.1 Å². The fourth-order valence-corrected chi connectivity index (χ4v) is 2.53. The summed E-state index contributed by atoms with van der Waals surface area (Å²) in [5.41, 5.74) is -0.533. The van der Waals surface area contributed by atoms with Gasteiger partial charge in [-0.25, -0.2) is 0 Å². The van der Waals surface area contributed by atoms with Crippen molar-refractivity contribution in [2.45, 2.75) is 59.0 Å². The van der Waals surface area contributed by atoms with E-state index < -0.39 is 11.4 Å². The molecule has 1 aromatic heterocycles. The number of aliphatic carboxylic acids is 1. The predicted molar refractivity (Wildman–Crippen MR) is 77.7 cm³/mol. The first kappa shape index (κ1) is 15.6. The average Bonchev–Trinajstić information content (AvgIpc) is 3.07. The number of furan rings is 1. The number of hydrogen-bond donors (Lipinski definition) is 1. The molecule has 5 nitrogen and oxygen atoms in total. The van der Waals surface area contributed by atoms with Gasteiger partial charge in [-0.1, -0.05) is 13.8 Å². The van der Waals surface area contributed by atoms with Crippen molar-refractivity contribution in [3.05, 3.63) is 23.7 Å². The maximum absolute atomic E-state index is 12.5. The minimum atomic E-state index is -0.868. The molecule has 2 rings (SSSR count). The molecule has 116 valence electrons. The number of nitrogens with zero attached hydrogens (tertiary/aromatic N) is 1. The molecule has 0 radical (unpaired) electrons. The maximum atomic E-state index is 12.5. The summed E-state index contributed by atoms with van der Waals surface area (Å²) in [6, 6.07) is 4.06. The number of carbonyl (C=O) groups is 2. The third kappa shape index (κ3) is 4.62. The average molecular weight is 293 g/mol. The summed E-state index contributed by atoms with van der Waals surface area (Å²) in [6.45, 7) is 5.99. The van der Waals surface area contributed by atoms with Crippen LogP contribution in [0.4, 0.5) is 0 Å². The van der Waals surface area contributed by atoms with E-state index in [4.69, 9.17) is 9.52 Å². The van der Waals surface area contributed by atoms with Gasteiger partial charge in [-0.2, -0.15) is 0 Å². The topological polar surface area (TPSA) is 70.8 Å². The van der Waals surface area contributed by atoms with Gasteiger partial charge in [-0.05, 0) is 37.3 Å². The third-order valence-corrected chi connectivity index (χ3v) is 3.69. The standard InChI is InChI=1S/C16H23NO4/c1-11-4-7-13(21-11)10-17(12-5-6-12)14(18)8-16(2,3)9-15(19)20/h4,7,12H,5-6,8-10H2,1-3H3,(H,19,20). The normalized spacial score (nSPS) is 15.0. The highest BCUT2D eigenvalue weighted by Gasteiger charge is 2.36. The summed E-state index contributed by atoms with van der Waals surface area (Å²) < 4.78 is 5.55. The van der Waals surface area contributed by atoms with Gasteiger partial charge in [-0.3, -0.25) is 9.59 Å². The van der Waals surface area contributed by atoms with E-state index in [9.17, 15) is 9.59 Å². The molecule has 1 aromatic rings. The van der Waals surface area contributed by atoms with Crippen LogP contribution < -0.4 is 0 Å². The molecule has 1 N–H and O–H groups in total. The van der Waals surface area contributed by atoms with Crippen LogP contribution in [0.15, 0.2) is 16.5 Å². The summed E-state index contributed by atoms with van der Waals surface area (Å²) in [5, 5.41) is 8.92. The monoisotopic (exact) mass is 293 g/mol. The summed E-state index contributed by atoms with van der Waals surface area (Å²) in [7, 11) is 0. The summed E-state index contributed by atoms with van der Waals surface area (Å²) in [4.78, 5) is 25.2. The van der Waals surface area contributed by atoms with Crippen LogP contribution in [0.5, 0.6) is 0 Å². The van der Waals surface area contributed by atoms with Crippen molar-refractivity contribution in [2.75, 3.05) is 0 Å². The quantitative estimate of drug-likeness (QED) is 0.839. The van der Waals surface area contributed by atoms with Crippen molar-refractivity contribution in [3.63, 3.8) is 0 Å². The minimum Gasteiger partial charge on any atom is -0.481 e. The lowest BCUT2D eigenvalue weighted by Gasteiger charge is -2.27. The number of carboxylic acids is 1. The van der Waals surface area contributed by atoms with Crippen LogP contribution in [0.3, 0.4) is 0 Å². The summed E-state index contributed by atoms with van der Waals surface area (Å²) >= 11 is 0.